The fraction of sp³-hybridized carbons (Fsp3) is 0.538. The zero-order chi connectivity index (χ0) is 13.0. The van der Waals surface area contributed by atoms with Gasteiger partial charge >= 0.3 is 0 Å². The molecule has 2 rings (SSSR count). The van der Waals surface area contributed by atoms with Gasteiger partial charge in [0, 0.05) is 36.3 Å². The van der Waals surface area contributed by atoms with Crippen molar-refractivity contribution in [2.24, 2.45) is 5.92 Å². The van der Waals surface area contributed by atoms with E-state index in [4.69, 9.17) is 4.74 Å². The summed E-state index contributed by atoms with van der Waals surface area (Å²) in [5.41, 5.74) is 0.499. The van der Waals surface area contributed by atoms with E-state index in [-0.39, 0.29) is 5.91 Å². The standard InChI is InChI=1S/C13H17BrN2O2/c1-2-16(8-10-5-6-18-9-10)13(17)12-4-3-11(14)7-15-12/h3-4,7,10H,2,5-6,8-9H2,1H3. The van der Waals surface area contributed by atoms with Gasteiger partial charge in [-0.05, 0) is 41.4 Å². The molecule has 0 radical (unpaired) electrons. The summed E-state index contributed by atoms with van der Waals surface area (Å²) in [6.07, 6.45) is 2.69. The summed E-state index contributed by atoms with van der Waals surface area (Å²) in [7, 11) is 0. The van der Waals surface area contributed by atoms with Crippen LogP contribution in [0, 0.1) is 5.92 Å². The fourth-order valence-electron chi connectivity index (χ4n) is 2.06. The monoisotopic (exact) mass is 312 g/mol. The Bertz CT molecular complexity index is 402. The maximum atomic E-state index is 12.3. The Morgan fingerprint density at radius 2 is 2.44 bits per heavy atom. The smallest absolute Gasteiger partial charge is 0.272 e. The molecule has 98 valence electrons. The van der Waals surface area contributed by atoms with E-state index in [2.05, 4.69) is 20.9 Å². The molecule has 1 aliphatic rings. The molecule has 0 bridgehead atoms. The lowest BCUT2D eigenvalue weighted by Crippen LogP contribution is -2.35. The molecule has 0 aliphatic carbocycles. The quantitative estimate of drug-likeness (QED) is 0.857. The third kappa shape index (κ3) is 3.29. The minimum atomic E-state index is -0.00287. The van der Waals surface area contributed by atoms with E-state index in [0.717, 1.165) is 30.7 Å². The number of amides is 1. The first-order valence-corrected chi connectivity index (χ1v) is 6.98. The van der Waals surface area contributed by atoms with Crippen molar-refractivity contribution in [2.45, 2.75) is 13.3 Å². The highest BCUT2D eigenvalue weighted by atomic mass is 79.9. The lowest BCUT2D eigenvalue weighted by atomic mass is 10.1. The van der Waals surface area contributed by atoms with E-state index in [1.54, 1.807) is 12.3 Å². The zero-order valence-electron chi connectivity index (χ0n) is 10.4. The van der Waals surface area contributed by atoms with Crippen molar-refractivity contribution in [1.82, 2.24) is 9.88 Å². The molecule has 1 aromatic heterocycles. The number of ether oxygens (including phenoxy) is 1. The van der Waals surface area contributed by atoms with Crippen LogP contribution in [0.1, 0.15) is 23.8 Å². The Morgan fingerprint density at radius 1 is 1.61 bits per heavy atom. The maximum absolute atomic E-state index is 12.3. The first kappa shape index (κ1) is 13.5. The van der Waals surface area contributed by atoms with Gasteiger partial charge in [-0.1, -0.05) is 0 Å². The fourth-order valence-corrected chi connectivity index (χ4v) is 2.29. The molecule has 1 aliphatic heterocycles. The van der Waals surface area contributed by atoms with Gasteiger partial charge in [-0.25, -0.2) is 4.98 Å². The van der Waals surface area contributed by atoms with E-state index in [0.29, 0.717) is 18.2 Å². The first-order valence-electron chi connectivity index (χ1n) is 6.19. The van der Waals surface area contributed by atoms with Crippen molar-refractivity contribution < 1.29 is 9.53 Å². The molecule has 1 fully saturated rings. The molecule has 18 heavy (non-hydrogen) atoms. The van der Waals surface area contributed by atoms with Crippen LogP contribution in [0.3, 0.4) is 0 Å². The molecule has 1 unspecified atom stereocenters. The Hall–Kier alpha value is -0.940. The van der Waals surface area contributed by atoms with Crippen molar-refractivity contribution in [3.05, 3.63) is 28.5 Å². The van der Waals surface area contributed by atoms with E-state index >= 15 is 0 Å². The van der Waals surface area contributed by atoms with Gasteiger partial charge in [-0.15, -0.1) is 0 Å². The molecule has 1 amide bonds. The number of nitrogens with zero attached hydrogens (tertiary/aromatic N) is 2. The van der Waals surface area contributed by atoms with Crippen LogP contribution in [0.25, 0.3) is 0 Å². The van der Waals surface area contributed by atoms with Gasteiger partial charge in [0.1, 0.15) is 5.69 Å². The summed E-state index contributed by atoms with van der Waals surface area (Å²) in [6.45, 7) is 5.03. The molecular formula is C13H17BrN2O2. The predicted octanol–water partition coefficient (Wildman–Crippen LogP) is 2.34. The number of halogens is 1. The first-order chi connectivity index (χ1) is 8.70. The molecule has 1 saturated heterocycles. The van der Waals surface area contributed by atoms with Gasteiger partial charge in [0.2, 0.25) is 0 Å². The van der Waals surface area contributed by atoms with Crippen LogP contribution >= 0.6 is 15.9 Å². The molecule has 2 heterocycles. The number of hydrogen-bond donors (Lipinski definition) is 0. The van der Waals surface area contributed by atoms with Crippen LogP contribution in [0.4, 0.5) is 0 Å². The number of hydrogen-bond acceptors (Lipinski definition) is 3. The Kier molecular flexibility index (Phi) is 4.72. The average molecular weight is 313 g/mol. The van der Waals surface area contributed by atoms with E-state index in [1.165, 1.54) is 0 Å². The Labute approximate surface area is 115 Å². The van der Waals surface area contributed by atoms with Gasteiger partial charge in [0.05, 0.1) is 6.61 Å². The van der Waals surface area contributed by atoms with Crippen molar-refractivity contribution in [3.63, 3.8) is 0 Å². The van der Waals surface area contributed by atoms with Crippen LogP contribution in [0.2, 0.25) is 0 Å². The third-order valence-corrected chi connectivity index (χ3v) is 3.59. The second kappa shape index (κ2) is 6.29. The summed E-state index contributed by atoms with van der Waals surface area (Å²) in [4.78, 5) is 18.3. The van der Waals surface area contributed by atoms with Gasteiger partial charge < -0.3 is 9.64 Å². The van der Waals surface area contributed by atoms with Crippen LogP contribution in [-0.2, 0) is 4.74 Å². The van der Waals surface area contributed by atoms with E-state index in [1.807, 2.05) is 17.9 Å². The highest BCUT2D eigenvalue weighted by molar-refractivity contribution is 9.10. The van der Waals surface area contributed by atoms with Crippen LogP contribution in [0.15, 0.2) is 22.8 Å². The molecule has 1 aromatic rings. The van der Waals surface area contributed by atoms with Crippen molar-refractivity contribution in [2.75, 3.05) is 26.3 Å². The number of aromatic nitrogens is 1. The molecule has 5 heteroatoms. The summed E-state index contributed by atoms with van der Waals surface area (Å²) in [5, 5.41) is 0. The molecule has 4 nitrogen and oxygen atoms in total. The van der Waals surface area contributed by atoms with Gasteiger partial charge in [-0.2, -0.15) is 0 Å². The van der Waals surface area contributed by atoms with Crippen molar-refractivity contribution in [1.29, 1.82) is 0 Å². The van der Waals surface area contributed by atoms with Crippen LogP contribution < -0.4 is 0 Å². The number of rotatable bonds is 4. The Balaban J connectivity index is 2.02. The molecule has 0 spiro atoms. The lowest BCUT2D eigenvalue weighted by molar-refractivity contribution is 0.0725. The molecule has 0 N–H and O–H groups in total. The van der Waals surface area contributed by atoms with Gasteiger partial charge in [0.15, 0.2) is 0 Å². The topological polar surface area (TPSA) is 42.4 Å². The minimum absolute atomic E-state index is 0.00287. The molecule has 1 atom stereocenters. The highest BCUT2D eigenvalue weighted by Gasteiger charge is 2.22. The number of carbonyl (C=O) groups is 1. The van der Waals surface area contributed by atoms with Crippen molar-refractivity contribution in [3.8, 4) is 0 Å². The van der Waals surface area contributed by atoms with Crippen molar-refractivity contribution >= 4 is 21.8 Å². The largest absolute Gasteiger partial charge is 0.381 e. The van der Waals surface area contributed by atoms with Gasteiger partial charge in [-0.3, -0.25) is 4.79 Å². The Morgan fingerprint density at radius 3 is 3.00 bits per heavy atom. The summed E-state index contributed by atoms with van der Waals surface area (Å²) >= 11 is 3.32. The van der Waals surface area contributed by atoms with Gasteiger partial charge in [0.25, 0.3) is 5.91 Å². The average Bonchev–Trinajstić information content (AvgIpc) is 2.89. The van der Waals surface area contributed by atoms with Crippen LogP contribution in [-0.4, -0.2) is 42.1 Å². The summed E-state index contributed by atoms with van der Waals surface area (Å²) in [6, 6.07) is 3.59. The van der Waals surface area contributed by atoms with Crippen LogP contribution in [0.5, 0.6) is 0 Å². The lowest BCUT2D eigenvalue weighted by Gasteiger charge is -2.23. The second-order valence-corrected chi connectivity index (χ2v) is 5.35. The SMILES string of the molecule is CCN(CC1CCOC1)C(=O)c1ccc(Br)cn1. The molecule has 0 saturated carbocycles. The highest BCUT2D eigenvalue weighted by Crippen LogP contribution is 2.15. The third-order valence-electron chi connectivity index (χ3n) is 3.12. The summed E-state index contributed by atoms with van der Waals surface area (Å²) in [5.74, 6) is 0.459. The second-order valence-electron chi connectivity index (χ2n) is 4.44. The number of pyridine rings is 1. The molecule has 0 aromatic carbocycles. The molecular weight excluding hydrogens is 296 g/mol. The summed E-state index contributed by atoms with van der Waals surface area (Å²) < 4.78 is 6.22. The minimum Gasteiger partial charge on any atom is -0.381 e. The van der Waals surface area contributed by atoms with E-state index in [9.17, 15) is 4.79 Å². The van der Waals surface area contributed by atoms with E-state index < -0.39 is 0 Å². The zero-order valence-corrected chi connectivity index (χ0v) is 12.0. The predicted molar refractivity (Wildman–Crippen MR) is 72.4 cm³/mol. The maximum Gasteiger partial charge on any atom is 0.272 e. The normalized spacial score (nSPS) is 18.9. The number of carbonyl (C=O) groups excluding carboxylic acids is 1.